The molecule has 9 nitrogen and oxygen atoms in total. The minimum Gasteiger partial charge on any atom is -0.480 e. The molecule has 2 amide bonds. The Morgan fingerprint density at radius 2 is 1.73 bits per heavy atom. The van der Waals surface area contributed by atoms with Crippen LogP contribution in [-0.4, -0.2) is 33.9 Å². The molecule has 9 heteroatoms. The zero-order valence-corrected chi connectivity index (χ0v) is 16.4. The number of carbonyl (C=O) groups is 3. The summed E-state index contributed by atoms with van der Waals surface area (Å²) in [7, 11) is 0. The Bertz CT molecular complexity index is 985. The van der Waals surface area contributed by atoms with Gasteiger partial charge in [0.15, 0.2) is 0 Å². The van der Waals surface area contributed by atoms with Crippen molar-refractivity contribution in [2.24, 2.45) is 5.92 Å². The average molecular weight is 411 g/mol. The lowest BCUT2D eigenvalue weighted by Crippen LogP contribution is -2.47. The number of nitrogens with zero attached hydrogens (tertiary/aromatic N) is 1. The second kappa shape index (κ2) is 9.97. The van der Waals surface area contributed by atoms with E-state index in [1.54, 1.807) is 44.2 Å². The monoisotopic (exact) mass is 411 g/mol. The molecule has 0 aliphatic heterocycles. The Balaban J connectivity index is 2.40. The fourth-order valence-corrected chi connectivity index (χ4v) is 2.57. The third-order valence-electron chi connectivity index (χ3n) is 4.14. The molecule has 1 atom stereocenters. The van der Waals surface area contributed by atoms with Crippen molar-refractivity contribution < 1.29 is 24.4 Å². The predicted octanol–water partition coefficient (Wildman–Crippen LogP) is 2.59. The molecule has 0 unspecified atom stereocenters. The molecular weight excluding hydrogens is 390 g/mol. The fourth-order valence-electron chi connectivity index (χ4n) is 2.57. The van der Waals surface area contributed by atoms with Gasteiger partial charge in [0.05, 0.1) is 4.92 Å². The molecule has 0 saturated heterocycles. The van der Waals surface area contributed by atoms with Crippen molar-refractivity contribution in [3.8, 4) is 0 Å². The van der Waals surface area contributed by atoms with Gasteiger partial charge in [-0.25, -0.2) is 4.79 Å². The molecule has 2 aromatic rings. The largest absolute Gasteiger partial charge is 0.480 e. The highest BCUT2D eigenvalue weighted by Gasteiger charge is 2.25. The zero-order chi connectivity index (χ0) is 22.3. The van der Waals surface area contributed by atoms with Gasteiger partial charge < -0.3 is 15.7 Å². The SMILES string of the molecule is CC(C)[C@H](NC(=O)/C(=C\c1cccc([N+](=O)[O-])c1)NC(=O)c1ccccc1)C(=O)O. The highest BCUT2D eigenvalue weighted by atomic mass is 16.6. The maximum atomic E-state index is 12.8. The van der Waals surface area contributed by atoms with Crippen LogP contribution < -0.4 is 10.6 Å². The number of hydrogen-bond donors (Lipinski definition) is 3. The summed E-state index contributed by atoms with van der Waals surface area (Å²) in [6.07, 6.45) is 1.25. The number of rotatable bonds is 8. The molecule has 2 aromatic carbocycles. The average Bonchev–Trinajstić information content (AvgIpc) is 2.71. The first-order valence-electron chi connectivity index (χ1n) is 9.05. The van der Waals surface area contributed by atoms with Gasteiger partial charge in [0.2, 0.25) is 0 Å². The molecule has 156 valence electrons. The van der Waals surface area contributed by atoms with Gasteiger partial charge in [-0.15, -0.1) is 0 Å². The summed E-state index contributed by atoms with van der Waals surface area (Å²) < 4.78 is 0. The molecule has 2 rings (SSSR count). The van der Waals surface area contributed by atoms with Crippen molar-refractivity contribution in [1.29, 1.82) is 0 Å². The smallest absolute Gasteiger partial charge is 0.326 e. The number of carbonyl (C=O) groups excluding carboxylic acids is 2. The number of nitro benzene ring substituents is 1. The molecule has 0 bridgehead atoms. The van der Waals surface area contributed by atoms with Crippen molar-refractivity contribution in [2.75, 3.05) is 0 Å². The zero-order valence-electron chi connectivity index (χ0n) is 16.4. The van der Waals surface area contributed by atoms with Crippen LogP contribution in [0.15, 0.2) is 60.3 Å². The summed E-state index contributed by atoms with van der Waals surface area (Å²) in [6.45, 7) is 3.26. The van der Waals surface area contributed by atoms with E-state index in [4.69, 9.17) is 0 Å². The molecule has 0 aromatic heterocycles. The van der Waals surface area contributed by atoms with Gasteiger partial charge >= 0.3 is 5.97 Å². The lowest BCUT2D eigenvalue weighted by molar-refractivity contribution is -0.384. The lowest BCUT2D eigenvalue weighted by Gasteiger charge is -2.19. The Morgan fingerprint density at radius 1 is 1.07 bits per heavy atom. The van der Waals surface area contributed by atoms with Crippen molar-refractivity contribution >= 4 is 29.5 Å². The highest BCUT2D eigenvalue weighted by molar-refractivity contribution is 6.06. The summed E-state index contributed by atoms with van der Waals surface area (Å²) in [5.41, 5.74) is 0.146. The van der Waals surface area contributed by atoms with E-state index in [0.29, 0.717) is 5.56 Å². The van der Waals surface area contributed by atoms with Crippen LogP contribution >= 0.6 is 0 Å². The van der Waals surface area contributed by atoms with Gasteiger partial charge in [-0.3, -0.25) is 19.7 Å². The van der Waals surface area contributed by atoms with Crippen molar-refractivity contribution in [2.45, 2.75) is 19.9 Å². The normalized spacial score (nSPS) is 12.2. The number of carboxylic acid groups (broad SMARTS) is 1. The minimum absolute atomic E-state index is 0.191. The molecule has 0 heterocycles. The van der Waals surface area contributed by atoms with E-state index >= 15 is 0 Å². The number of aliphatic carboxylic acids is 1. The number of nitrogens with one attached hydrogen (secondary N) is 2. The van der Waals surface area contributed by atoms with Gasteiger partial charge in [0, 0.05) is 17.7 Å². The van der Waals surface area contributed by atoms with Gasteiger partial charge in [0.1, 0.15) is 11.7 Å². The number of non-ortho nitro benzene ring substituents is 1. The van der Waals surface area contributed by atoms with Gasteiger partial charge in [-0.05, 0) is 29.7 Å². The highest BCUT2D eigenvalue weighted by Crippen LogP contribution is 2.16. The van der Waals surface area contributed by atoms with Crippen molar-refractivity contribution in [3.63, 3.8) is 0 Å². The molecule has 0 aliphatic rings. The predicted molar refractivity (Wildman–Crippen MR) is 109 cm³/mol. The van der Waals surface area contributed by atoms with Crippen LogP contribution in [0.3, 0.4) is 0 Å². The van der Waals surface area contributed by atoms with Gasteiger partial charge in [0.25, 0.3) is 17.5 Å². The van der Waals surface area contributed by atoms with Crippen molar-refractivity contribution in [3.05, 3.63) is 81.5 Å². The van der Waals surface area contributed by atoms with E-state index in [1.807, 2.05) is 0 Å². The van der Waals surface area contributed by atoms with E-state index < -0.39 is 34.7 Å². The molecule has 3 N–H and O–H groups in total. The van der Waals surface area contributed by atoms with Crippen LogP contribution in [0.1, 0.15) is 29.8 Å². The van der Waals surface area contributed by atoms with Crippen LogP contribution in [0.2, 0.25) is 0 Å². The first-order valence-corrected chi connectivity index (χ1v) is 9.05. The topological polar surface area (TPSA) is 139 Å². The second-order valence-corrected chi connectivity index (χ2v) is 6.76. The molecule has 0 radical (unpaired) electrons. The van der Waals surface area contributed by atoms with Crippen LogP contribution in [0.4, 0.5) is 5.69 Å². The quantitative estimate of drug-likeness (QED) is 0.347. The Hall–Kier alpha value is -4.01. The van der Waals surface area contributed by atoms with Gasteiger partial charge in [-0.1, -0.05) is 44.2 Å². The number of amides is 2. The van der Waals surface area contributed by atoms with E-state index in [2.05, 4.69) is 10.6 Å². The molecule has 0 spiro atoms. The van der Waals surface area contributed by atoms with E-state index in [0.717, 1.165) is 0 Å². The molecular formula is C21H21N3O6. The maximum absolute atomic E-state index is 12.8. The molecule has 0 fully saturated rings. The van der Waals surface area contributed by atoms with E-state index in [-0.39, 0.29) is 16.9 Å². The van der Waals surface area contributed by atoms with Crippen LogP contribution in [0, 0.1) is 16.0 Å². The Kier molecular flexibility index (Phi) is 7.40. The third-order valence-corrected chi connectivity index (χ3v) is 4.14. The summed E-state index contributed by atoms with van der Waals surface area (Å²) in [5.74, 6) is -3.04. The second-order valence-electron chi connectivity index (χ2n) is 6.76. The number of nitro groups is 1. The van der Waals surface area contributed by atoms with E-state index in [9.17, 15) is 29.6 Å². The third kappa shape index (κ3) is 5.99. The minimum atomic E-state index is -1.22. The lowest BCUT2D eigenvalue weighted by atomic mass is 10.0. The first-order chi connectivity index (χ1) is 14.2. The Labute approximate surface area is 172 Å². The number of carboxylic acids is 1. The summed E-state index contributed by atoms with van der Waals surface area (Å²) in [5, 5.41) is 25.2. The summed E-state index contributed by atoms with van der Waals surface area (Å²) in [6, 6.07) is 12.4. The summed E-state index contributed by atoms with van der Waals surface area (Å²) in [4.78, 5) is 47.1. The van der Waals surface area contributed by atoms with Crippen LogP contribution in [-0.2, 0) is 9.59 Å². The number of hydrogen-bond acceptors (Lipinski definition) is 5. The van der Waals surface area contributed by atoms with Gasteiger partial charge in [-0.2, -0.15) is 0 Å². The molecule has 0 saturated carbocycles. The summed E-state index contributed by atoms with van der Waals surface area (Å²) >= 11 is 0. The standard InChI is InChI=1S/C21H21N3O6/c1-13(2)18(21(27)28)23-20(26)17(22-19(25)15-8-4-3-5-9-15)12-14-7-6-10-16(11-14)24(29)30/h3-13,18H,1-2H3,(H,22,25)(H,23,26)(H,27,28)/b17-12+/t18-/m0/s1. The van der Waals surface area contributed by atoms with E-state index in [1.165, 1.54) is 30.3 Å². The maximum Gasteiger partial charge on any atom is 0.326 e. The molecule has 0 aliphatic carbocycles. The fraction of sp³-hybridized carbons (Fsp3) is 0.190. The van der Waals surface area contributed by atoms with Crippen LogP contribution in [0.5, 0.6) is 0 Å². The van der Waals surface area contributed by atoms with Crippen molar-refractivity contribution in [1.82, 2.24) is 10.6 Å². The number of benzene rings is 2. The Morgan fingerprint density at radius 3 is 2.30 bits per heavy atom. The molecule has 30 heavy (non-hydrogen) atoms. The first kappa shape index (κ1) is 22.3. The van der Waals surface area contributed by atoms with Crippen LogP contribution in [0.25, 0.3) is 6.08 Å².